The summed E-state index contributed by atoms with van der Waals surface area (Å²) in [4.78, 5) is 19.7. The average Bonchev–Trinajstić information content (AvgIpc) is 2.94. The lowest BCUT2D eigenvalue weighted by molar-refractivity contribution is 0.0954. The Kier molecular flexibility index (Phi) is 4.59. The zero-order chi connectivity index (χ0) is 14.4. The molecule has 0 radical (unpaired) electrons. The van der Waals surface area contributed by atoms with E-state index in [2.05, 4.69) is 30.3 Å². The number of hydrogen-bond acceptors (Lipinski definition) is 6. The molecule has 20 heavy (non-hydrogen) atoms. The van der Waals surface area contributed by atoms with E-state index in [1.54, 1.807) is 0 Å². The van der Waals surface area contributed by atoms with E-state index in [9.17, 15) is 9.18 Å². The molecule has 2 aromatic heterocycles. The van der Waals surface area contributed by atoms with E-state index in [1.807, 2.05) is 6.92 Å². The predicted molar refractivity (Wildman–Crippen MR) is 68.7 cm³/mol. The van der Waals surface area contributed by atoms with Crippen LogP contribution in [0.4, 0.5) is 10.2 Å². The van der Waals surface area contributed by atoms with Crippen molar-refractivity contribution in [3.05, 3.63) is 35.9 Å². The Morgan fingerprint density at radius 3 is 3.00 bits per heavy atom. The SMILES string of the molecule is CCNc1ncc(F)cc1C(=O)NCCc1ncon1. The molecule has 8 heteroatoms. The average molecular weight is 279 g/mol. The number of hydrogen-bond donors (Lipinski definition) is 2. The lowest BCUT2D eigenvalue weighted by Gasteiger charge is -2.09. The van der Waals surface area contributed by atoms with Crippen LogP contribution in [0.1, 0.15) is 23.1 Å². The molecule has 0 fully saturated rings. The highest BCUT2D eigenvalue weighted by atomic mass is 19.1. The molecule has 0 aliphatic heterocycles. The smallest absolute Gasteiger partial charge is 0.255 e. The second-order valence-corrected chi connectivity index (χ2v) is 3.93. The Labute approximate surface area is 114 Å². The van der Waals surface area contributed by atoms with Crippen molar-refractivity contribution in [3.8, 4) is 0 Å². The number of aromatic nitrogens is 3. The summed E-state index contributed by atoms with van der Waals surface area (Å²) in [5.41, 5.74) is 0.167. The zero-order valence-electron chi connectivity index (χ0n) is 10.9. The molecule has 2 aromatic rings. The highest BCUT2D eigenvalue weighted by molar-refractivity contribution is 5.98. The molecular weight excluding hydrogens is 265 g/mol. The third-order valence-corrected chi connectivity index (χ3v) is 2.48. The van der Waals surface area contributed by atoms with Gasteiger partial charge in [0.05, 0.1) is 11.8 Å². The van der Waals surface area contributed by atoms with Gasteiger partial charge >= 0.3 is 0 Å². The molecule has 0 unspecified atom stereocenters. The minimum absolute atomic E-state index is 0.167. The summed E-state index contributed by atoms with van der Waals surface area (Å²) < 4.78 is 17.8. The number of carbonyl (C=O) groups excluding carboxylic acids is 1. The van der Waals surface area contributed by atoms with Crippen LogP contribution in [0.5, 0.6) is 0 Å². The van der Waals surface area contributed by atoms with Gasteiger partial charge in [-0.2, -0.15) is 4.98 Å². The fourth-order valence-corrected chi connectivity index (χ4v) is 1.61. The molecule has 2 N–H and O–H groups in total. The maximum atomic E-state index is 13.2. The minimum atomic E-state index is -0.560. The summed E-state index contributed by atoms with van der Waals surface area (Å²) in [6.45, 7) is 2.77. The van der Waals surface area contributed by atoms with Crippen molar-refractivity contribution in [2.75, 3.05) is 18.4 Å². The van der Waals surface area contributed by atoms with E-state index in [4.69, 9.17) is 0 Å². The van der Waals surface area contributed by atoms with Gasteiger partial charge in [-0.3, -0.25) is 4.79 Å². The van der Waals surface area contributed by atoms with Gasteiger partial charge < -0.3 is 15.2 Å². The first-order valence-electron chi connectivity index (χ1n) is 6.13. The second-order valence-electron chi connectivity index (χ2n) is 3.93. The normalized spacial score (nSPS) is 10.3. The Balaban J connectivity index is 1.99. The summed E-state index contributed by atoms with van der Waals surface area (Å²) in [6, 6.07) is 1.15. The molecule has 0 saturated carbocycles. The van der Waals surface area contributed by atoms with Gasteiger partial charge in [0.25, 0.3) is 5.91 Å². The molecule has 2 heterocycles. The first-order valence-corrected chi connectivity index (χ1v) is 6.13. The zero-order valence-corrected chi connectivity index (χ0v) is 10.9. The van der Waals surface area contributed by atoms with Gasteiger partial charge in [0.15, 0.2) is 5.82 Å². The molecule has 7 nitrogen and oxygen atoms in total. The molecule has 0 atom stereocenters. The molecule has 0 aliphatic carbocycles. The first-order chi connectivity index (χ1) is 9.70. The number of nitrogens with zero attached hydrogens (tertiary/aromatic N) is 3. The van der Waals surface area contributed by atoms with E-state index in [1.165, 1.54) is 6.39 Å². The monoisotopic (exact) mass is 279 g/mol. The number of amides is 1. The molecule has 0 saturated heterocycles. The van der Waals surface area contributed by atoms with Crippen molar-refractivity contribution < 1.29 is 13.7 Å². The molecule has 0 aromatic carbocycles. The lowest BCUT2D eigenvalue weighted by atomic mass is 10.2. The van der Waals surface area contributed by atoms with E-state index in [0.717, 1.165) is 12.3 Å². The van der Waals surface area contributed by atoms with Crippen LogP contribution >= 0.6 is 0 Å². The molecule has 0 spiro atoms. The third-order valence-electron chi connectivity index (χ3n) is 2.48. The summed E-state index contributed by atoms with van der Waals surface area (Å²) in [5.74, 6) is -0.119. The Morgan fingerprint density at radius 2 is 2.30 bits per heavy atom. The highest BCUT2D eigenvalue weighted by Gasteiger charge is 2.13. The summed E-state index contributed by atoms with van der Waals surface area (Å²) in [7, 11) is 0. The van der Waals surface area contributed by atoms with E-state index < -0.39 is 11.7 Å². The van der Waals surface area contributed by atoms with Crippen LogP contribution in [0.25, 0.3) is 0 Å². The van der Waals surface area contributed by atoms with E-state index >= 15 is 0 Å². The van der Waals surface area contributed by atoms with Crippen LogP contribution in [0.2, 0.25) is 0 Å². The van der Waals surface area contributed by atoms with Gasteiger partial charge in [0.1, 0.15) is 11.6 Å². The van der Waals surface area contributed by atoms with Crippen molar-refractivity contribution in [3.63, 3.8) is 0 Å². The Bertz CT molecular complexity index is 573. The van der Waals surface area contributed by atoms with E-state index in [-0.39, 0.29) is 5.56 Å². The van der Waals surface area contributed by atoms with Crippen LogP contribution in [-0.2, 0) is 6.42 Å². The van der Waals surface area contributed by atoms with Gasteiger partial charge in [0.2, 0.25) is 6.39 Å². The van der Waals surface area contributed by atoms with Crippen LogP contribution < -0.4 is 10.6 Å². The van der Waals surface area contributed by atoms with Gasteiger partial charge in [-0.05, 0) is 13.0 Å². The summed E-state index contributed by atoms with van der Waals surface area (Å²) in [6.07, 6.45) is 2.71. The van der Waals surface area contributed by atoms with Crippen molar-refractivity contribution in [1.29, 1.82) is 0 Å². The fraction of sp³-hybridized carbons (Fsp3) is 0.333. The first kappa shape index (κ1) is 13.9. The van der Waals surface area contributed by atoms with Gasteiger partial charge in [-0.25, -0.2) is 9.37 Å². The summed E-state index contributed by atoms with van der Waals surface area (Å²) >= 11 is 0. The quantitative estimate of drug-likeness (QED) is 0.819. The highest BCUT2D eigenvalue weighted by Crippen LogP contribution is 2.13. The van der Waals surface area contributed by atoms with Crippen molar-refractivity contribution in [2.24, 2.45) is 0 Å². The molecule has 2 rings (SSSR count). The molecule has 0 aliphatic rings. The number of carbonyl (C=O) groups is 1. The van der Waals surface area contributed by atoms with Crippen LogP contribution in [0.15, 0.2) is 23.2 Å². The Hall–Kier alpha value is -2.51. The molecular formula is C12H14FN5O2. The molecule has 1 amide bonds. The van der Waals surface area contributed by atoms with Crippen molar-refractivity contribution >= 4 is 11.7 Å². The molecule has 0 bridgehead atoms. The predicted octanol–water partition coefficient (Wildman–Crippen LogP) is 1.01. The maximum absolute atomic E-state index is 13.2. The van der Waals surface area contributed by atoms with Crippen LogP contribution in [0.3, 0.4) is 0 Å². The van der Waals surface area contributed by atoms with Gasteiger partial charge in [-0.1, -0.05) is 5.16 Å². The lowest BCUT2D eigenvalue weighted by Crippen LogP contribution is -2.27. The number of anilines is 1. The largest absolute Gasteiger partial charge is 0.370 e. The van der Waals surface area contributed by atoms with Crippen molar-refractivity contribution in [1.82, 2.24) is 20.4 Å². The number of nitrogens with one attached hydrogen (secondary N) is 2. The third kappa shape index (κ3) is 3.50. The van der Waals surface area contributed by atoms with Gasteiger partial charge in [0, 0.05) is 19.5 Å². The fourth-order valence-electron chi connectivity index (χ4n) is 1.61. The second kappa shape index (κ2) is 6.60. The summed E-state index contributed by atoms with van der Waals surface area (Å²) in [5, 5.41) is 9.19. The molecule has 106 valence electrons. The standard InChI is InChI=1S/C12H14FN5O2/c1-2-14-11-9(5-8(13)6-16-11)12(19)15-4-3-10-17-7-20-18-10/h5-7H,2-4H2,1H3,(H,14,16)(H,15,19). The van der Waals surface area contributed by atoms with Crippen LogP contribution in [-0.4, -0.2) is 34.1 Å². The van der Waals surface area contributed by atoms with Crippen molar-refractivity contribution in [2.45, 2.75) is 13.3 Å². The topological polar surface area (TPSA) is 92.9 Å². The van der Waals surface area contributed by atoms with Gasteiger partial charge in [-0.15, -0.1) is 0 Å². The van der Waals surface area contributed by atoms with E-state index in [0.29, 0.717) is 31.2 Å². The number of pyridine rings is 1. The Morgan fingerprint density at radius 1 is 1.45 bits per heavy atom. The number of halogens is 1. The maximum Gasteiger partial charge on any atom is 0.255 e. The minimum Gasteiger partial charge on any atom is -0.370 e. The van der Waals surface area contributed by atoms with Crippen LogP contribution in [0, 0.1) is 5.82 Å². The number of rotatable bonds is 6.